The Bertz CT molecular complexity index is 273. The van der Waals surface area contributed by atoms with Crippen molar-refractivity contribution in [2.75, 3.05) is 19.3 Å². The first-order valence-electron chi connectivity index (χ1n) is 5.94. The summed E-state index contributed by atoms with van der Waals surface area (Å²) < 4.78 is 0. The monoisotopic (exact) mass is 259 g/mol. The smallest absolute Gasteiger partial charge is 0.239 e. The molecule has 2 unspecified atom stereocenters. The fourth-order valence-electron chi connectivity index (χ4n) is 2.02. The van der Waals surface area contributed by atoms with Gasteiger partial charge in [0.05, 0.1) is 13.1 Å². The molecule has 17 heavy (non-hydrogen) atoms. The molecular weight excluding hydrogens is 238 g/mol. The fourth-order valence-corrected chi connectivity index (χ4v) is 2.85. The van der Waals surface area contributed by atoms with Gasteiger partial charge in [-0.2, -0.15) is 11.8 Å². The molecule has 0 saturated heterocycles. The summed E-state index contributed by atoms with van der Waals surface area (Å²) in [5, 5.41) is 6.07. The van der Waals surface area contributed by atoms with Gasteiger partial charge in [0.15, 0.2) is 0 Å². The Kier molecular flexibility index (Phi) is 6.36. The maximum absolute atomic E-state index is 11.6. The zero-order valence-electron chi connectivity index (χ0n) is 10.2. The third kappa shape index (κ3) is 5.41. The van der Waals surface area contributed by atoms with E-state index in [1.807, 2.05) is 11.8 Å². The summed E-state index contributed by atoms with van der Waals surface area (Å²) in [5.74, 6) is -0.427. The number of amides is 2. The van der Waals surface area contributed by atoms with Crippen LogP contribution in [0.2, 0.25) is 0 Å². The van der Waals surface area contributed by atoms with Gasteiger partial charge in [-0.05, 0) is 25.5 Å². The molecule has 0 aromatic carbocycles. The molecule has 1 rings (SSSR count). The van der Waals surface area contributed by atoms with E-state index in [2.05, 4.69) is 16.9 Å². The van der Waals surface area contributed by atoms with Gasteiger partial charge in [-0.3, -0.25) is 9.59 Å². The highest BCUT2D eigenvalue weighted by atomic mass is 32.2. The minimum Gasteiger partial charge on any atom is -0.352 e. The third-order valence-electron chi connectivity index (χ3n) is 2.96. The lowest BCUT2D eigenvalue weighted by atomic mass is 9.95. The Morgan fingerprint density at radius 1 is 1.35 bits per heavy atom. The molecule has 0 aromatic rings. The lowest BCUT2D eigenvalue weighted by Gasteiger charge is -2.28. The van der Waals surface area contributed by atoms with Crippen LogP contribution in [0.5, 0.6) is 0 Å². The van der Waals surface area contributed by atoms with Crippen molar-refractivity contribution in [3.8, 4) is 0 Å². The molecule has 5 nitrogen and oxygen atoms in total. The second-order valence-corrected chi connectivity index (χ2v) is 5.41. The maximum atomic E-state index is 11.6. The molecule has 1 fully saturated rings. The summed E-state index contributed by atoms with van der Waals surface area (Å²) in [6, 6.07) is 0.253. The molecule has 2 atom stereocenters. The van der Waals surface area contributed by atoms with Crippen molar-refractivity contribution in [3.63, 3.8) is 0 Å². The van der Waals surface area contributed by atoms with Crippen LogP contribution in [0.4, 0.5) is 0 Å². The van der Waals surface area contributed by atoms with Crippen molar-refractivity contribution in [3.05, 3.63) is 0 Å². The number of carbonyl (C=O) groups is 2. The van der Waals surface area contributed by atoms with E-state index in [-0.39, 0.29) is 30.9 Å². The van der Waals surface area contributed by atoms with Crippen LogP contribution < -0.4 is 16.4 Å². The van der Waals surface area contributed by atoms with Crippen molar-refractivity contribution in [2.24, 2.45) is 5.73 Å². The Balaban J connectivity index is 2.23. The zero-order chi connectivity index (χ0) is 12.7. The Morgan fingerprint density at radius 3 is 2.76 bits per heavy atom. The van der Waals surface area contributed by atoms with E-state index in [1.165, 1.54) is 6.42 Å². The van der Waals surface area contributed by atoms with Crippen molar-refractivity contribution in [2.45, 2.75) is 37.0 Å². The van der Waals surface area contributed by atoms with Crippen LogP contribution in [0, 0.1) is 0 Å². The van der Waals surface area contributed by atoms with Gasteiger partial charge in [0.1, 0.15) is 0 Å². The Labute approximate surface area is 106 Å². The summed E-state index contributed by atoms with van der Waals surface area (Å²) in [6.45, 7) is -0.0538. The van der Waals surface area contributed by atoms with E-state index in [9.17, 15) is 9.59 Å². The summed E-state index contributed by atoms with van der Waals surface area (Å²) in [7, 11) is 0. The largest absolute Gasteiger partial charge is 0.352 e. The molecule has 4 N–H and O–H groups in total. The number of nitrogens with two attached hydrogens (primary N) is 1. The number of nitrogens with one attached hydrogen (secondary N) is 2. The maximum Gasteiger partial charge on any atom is 0.239 e. The van der Waals surface area contributed by atoms with Crippen molar-refractivity contribution in [1.82, 2.24) is 10.6 Å². The van der Waals surface area contributed by atoms with Gasteiger partial charge in [-0.15, -0.1) is 0 Å². The van der Waals surface area contributed by atoms with Crippen molar-refractivity contribution in [1.29, 1.82) is 0 Å². The van der Waals surface area contributed by atoms with E-state index >= 15 is 0 Å². The average Bonchev–Trinajstić information content (AvgIpc) is 2.36. The zero-order valence-corrected chi connectivity index (χ0v) is 11.0. The highest BCUT2D eigenvalue weighted by molar-refractivity contribution is 7.99. The van der Waals surface area contributed by atoms with E-state index < -0.39 is 0 Å². The first kappa shape index (κ1) is 14.3. The Hall–Kier alpha value is -0.750. The number of rotatable bonds is 5. The molecular formula is C11H21N3O2S. The summed E-state index contributed by atoms with van der Waals surface area (Å²) >= 11 is 1.86. The predicted octanol–water partition coefficient (Wildman–Crippen LogP) is -0.148. The summed E-state index contributed by atoms with van der Waals surface area (Å²) in [4.78, 5) is 22.4. The van der Waals surface area contributed by atoms with Crippen molar-refractivity contribution >= 4 is 23.6 Å². The first-order valence-corrected chi connectivity index (χ1v) is 7.23. The van der Waals surface area contributed by atoms with E-state index in [1.54, 1.807) is 0 Å². The molecule has 0 heterocycles. The molecule has 1 aliphatic carbocycles. The number of thioether (sulfide) groups is 1. The SMILES string of the molecule is CSC1CCCC(NC(=O)CNC(=O)CN)C1. The van der Waals surface area contributed by atoms with Gasteiger partial charge in [0, 0.05) is 11.3 Å². The van der Waals surface area contributed by atoms with Crippen molar-refractivity contribution < 1.29 is 9.59 Å². The number of hydrogen-bond donors (Lipinski definition) is 3. The van der Waals surface area contributed by atoms with Crippen LogP contribution >= 0.6 is 11.8 Å². The second kappa shape index (κ2) is 7.55. The average molecular weight is 259 g/mol. The highest BCUT2D eigenvalue weighted by Gasteiger charge is 2.22. The molecule has 0 aliphatic heterocycles. The van der Waals surface area contributed by atoms with E-state index in [0.29, 0.717) is 5.25 Å². The minimum atomic E-state index is -0.300. The highest BCUT2D eigenvalue weighted by Crippen LogP contribution is 2.26. The van der Waals surface area contributed by atoms with E-state index in [0.717, 1.165) is 19.3 Å². The van der Waals surface area contributed by atoms with Crippen LogP contribution in [-0.2, 0) is 9.59 Å². The van der Waals surface area contributed by atoms with Gasteiger partial charge in [0.25, 0.3) is 0 Å². The van der Waals surface area contributed by atoms with Crippen LogP contribution in [0.3, 0.4) is 0 Å². The number of carbonyl (C=O) groups excluding carboxylic acids is 2. The van der Waals surface area contributed by atoms with Gasteiger partial charge in [-0.1, -0.05) is 6.42 Å². The lowest BCUT2D eigenvalue weighted by molar-refractivity contribution is -0.125. The molecule has 0 spiro atoms. The number of hydrogen-bond acceptors (Lipinski definition) is 4. The normalized spacial score (nSPS) is 24.1. The predicted molar refractivity (Wildman–Crippen MR) is 69.8 cm³/mol. The molecule has 1 saturated carbocycles. The van der Waals surface area contributed by atoms with Crippen LogP contribution in [-0.4, -0.2) is 42.5 Å². The van der Waals surface area contributed by atoms with Crippen LogP contribution in [0.25, 0.3) is 0 Å². The molecule has 0 aromatic heterocycles. The topological polar surface area (TPSA) is 84.2 Å². The Morgan fingerprint density at radius 2 is 2.12 bits per heavy atom. The van der Waals surface area contributed by atoms with Crippen LogP contribution in [0.1, 0.15) is 25.7 Å². The third-order valence-corrected chi connectivity index (χ3v) is 4.05. The van der Waals surface area contributed by atoms with Gasteiger partial charge in [0.2, 0.25) is 11.8 Å². The van der Waals surface area contributed by atoms with Gasteiger partial charge < -0.3 is 16.4 Å². The molecule has 2 amide bonds. The first-order chi connectivity index (χ1) is 8.15. The summed E-state index contributed by atoms with van der Waals surface area (Å²) in [6.07, 6.45) is 6.56. The van der Waals surface area contributed by atoms with Crippen LogP contribution in [0.15, 0.2) is 0 Å². The molecule has 0 bridgehead atoms. The lowest BCUT2D eigenvalue weighted by Crippen LogP contribution is -2.45. The standard InChI is InChI=1S/C11H21N3O2S/c1-17-9-4-2-3-8(5-9)14-11(16)7-13-10(15)6-12/h8-9H,2-7,12H2,1H3,(H,13,15)(H,14,16). The van der Waals surface area contributed by atoms with E-state index in [4.69, 9.17) is 5.73 Å². The molecule has 1 aliphatic rings. The fraction of sp³-hybridized carbons (Fsp3) is 0.818. The van der Waals surface area contributed by atoms with Gasteiger partial charge >= 0.3 is 0 Å². The summed E-state index contributed by atoms with van der Waals surface area (Å²) in [5.41, 5.74) is 5.13. The molecule has 98 valence electrons. The molecule has 0 radical (unpaired) electrons. The molecule has 6 heteroatoms. The quantitative estimate of drug-likeness (QED) is 0.641. The minimum absolute atomic E-state index is 0.0243. The second-order valence-electron chi connectivity index (χ2n) is 4.27. The van der Waals surface area contributed by atoms with Gasteiger partial charge in [-0.25, -0.2) is 0 Å².